The lowest BCUT2D eigenvalue weighted by atomic mass is 9.87. The van der Waals surface area contributed by atoms with E-state index in [-0.39, 0.29) is 12.0 Å². The number of anilines is 1. The van der Waals surface area contributed by atoms with Crippen LogP contribution in [0.2, 0.25) is 0 Å². The Labute approximate surface area is 115 Å². The fourth-order valence-corrected chi connectivity index (χ4v) is 2.72. The molecule has 2 N–H and O–H groups in total. The van der Waals surface area contributed by atoms with E-state index in [1.165, 1.54) is 12.8 Å². The quantitative estimate of drug-likeness (QED) is 0.872. The Morgan fingerprint density at radius 1 is 1.50 bits per heavy atom. The third-order valence-electron chi connectivity index (χ3n) is 3.53. The minimum absolute atomic E-state index is 0.0102. The predicted molar refractivity (Wildman–Crippen MR) is 72.8 cm³/mol. The summed E-state index contributed by atoms with van der Waals surface area (Å²) in [6, 6.07) is 0. The first kappa shape index (κ1) is 13.5. The molecule has 0 aliphatic heterocycles. The van der Waals surface area contributed by atoms with Gasteiger partial charge in [0, 0.05) is 12.0 Å². The number of aliphatic hydroxyl groups is 1. The third-order valence-corrected chi connectivity index (χ3v) is 4.07. The van der Waals surface area contributed by atoms with Crippen LogP contribution >= 0.6 is 15.9 Å². The number of ether oxygens (including phenoxy) is 1. The standard InChI is InChI=1S/C12H18BrN3O2/c1-18-10-9(13)6-14-11(16-10)15-7-12(8-17)4-2-3-5-12/h6,17H,2-5,7-8H2,1H3,(H,14,15,16). The highest BCUT2D eigenvalue weighted by atomic mass is 79.9. The van der Waals surface area contributed by atoms with Gasteiger partial charge in [0.25, 0.3) is 0 Å². The van der Waals surface area contributed by atoms with Crippen molar-refractivity contribution < 1.29 is 9.84 Å². The molecule has 0 bridgehead atoms. The van der Waals surface area contributed by atoms with E-state index in [0.717, 1.165) is 17.3 Å². The molecule has 0 amide bonds. The van der Waals surface area contributed by atoms with E-state index in [4.69, 9.17) is 4.74 Å². The minimum Gasteiger partial charge on any atom is -0.480 e. The number of methoxy groups -OCH3 is 1. The maximum absolute atomic E-state index is 9.53. The Hall–Kier alpha value is -0.880. The van der Waals surface area contributed by atoms with Crippen molar-refractivity contribution in [2.24, 2.45) is 5.41 Å². The van der Waals surface area contributed by atoms with E-state index in [1.54, 1.807) is 13.3 Å². The van der Waals surface area contributed by atoms with Gasteiger partial charge in [0.2, 0.25) is 11.8 Å². The molecule has 2 rings (SSSR count). The molecule has 1 aromatic heterocycles. The first-order valence-corrected chi connectivity index (χ1v) is 6.90. The number of nitrogens with one attached hydrogen (secondary N) is 1. The van der Waals surface area contributed by atoms with Crippen molar-refractivity contribution in [1.29, 1.82) is 0 Å². The van der Waals surface area contributed by atoms with Gasteiger partial charge in [-0.2, -0.15) is 4.98 Å². The van der Waals surface area contributed by atoms with Gasteiger partial charge in [-0.05, 0) is 28.8 Å². The van der Waals surface area contributed by atoms with Crippen molar-refractivity contribution in [2.75, 3.05) is 25.6 Å². The fraction of sp³-hybridized carbons (Fsp3) is 0.667. The van der Waals surface area contributed by atoms with Crippen molar-refractivity contribution >= 4 is 21.9 Å². The highest BCUT2D eigenvalue weighted by molar-refractivity contribution is 9.10. The fourth-order valence-electron chi connectivity index (χ4n) is 2.36. The average molecular weight is 316 g/mol. The Morgan fingerprint density at radius 2 is 2.22 bits per heavy atom. The predicted octanol–water partition coefficient (Wildman–Crippen LogP) is 2.21. The van der Waals surface area contributed by atoms with Crippen molar-refractivity contribution in [3.8, 4) is 5.88 Å². The number of hydrogen-bond donors (Lipinski definition) is 2. The molecule has 0 radical (unpaired) electrons. The van der Waals surface area contributed by atoms with Crippen LogP contribution in [0.1, 0.15) is 25.7 Å². The number of halogens is 1. The van der Waals surface area contributed by atoms with Crippen LogP contribution in [0.3, 0.4) is 0 Å². The molecule has 5 nitrogen and oxygen atoms in total. The minimum atomic E-state index is -0.0102. The second-order valence-electron chi connectivity index (χ2n) is 4.77. The van der Waals surface area contributed by atoms with E-state index in [1.807, 2.05) is 0 Å². The van der Waals surface area contributed by atoms with Gasteiger partial charge in [-0.3, -0.25) is 0 Å². The SMILES string of the molecule is COc1nc(NCC2(CO)CCCC2)ncc1Br. The Balaban J connectivity index is 2.01. The van der Waals surface area contributed by atoms with Crippen LogP contribution in [0.4, 0.5) is 5.95 Å². The summed E-state index contributed by atoms with van der Waals surface area (Å²) >= 11 is 3.31. The van der Waals surface area contributed by atoms with Gasteiger partial charge in [0.15, 0.2) is 0 Å². The van der Waals surface area contributed by atoms with Crippen LogP contribution in [-0.4, -0.2) is 35.3 Å². The largest absolute Gasteiger partial charge is 0.480 e. The van der Waals surface area contributed by atoms with Crippen molar-refractivity contribution in [2.45, 2.75) is 25.7 Å². The van der Waals surface area contributed by atoms with Crippen LogP contribution in [0.15, 0.2) is 10.7 Å². The zero-order chi connectivity index (χ0) is 13.0. The van der Waals surface area contributed by atoms with Crippen molar-refractivity contribution in [3.05, 3.63) is 10.7 Å². The number of hydrogen-bond acceptors (Lipinski definition) is 5. The maximum atomic E-state index is 9.53. The zero-order valence-corrected chi connectivity index (χ0v) is 12.0. The van der Waals surface area contributed by atoms with Gasteiger partial charge in [-0.1, -0.05) is 12.8 Å². The smallest absolute Gasteiger partial charge is 0.232 e. The van der Waals surface area contributed by atoms with E-state index in [9.17, 15) is 5.11 Å². The Morgan fingerprint density at radius 3 is 2.83 bits per heavy atom. The van der Waals surface area contributed by atoms with Gasteiger partial charge >= 0.3 is 0 Å². The van der Waals surface area contributed by atoms with Crippen LogP contribution in [0.25, 0.3) is 0 Å². The van der Waals surface area contributed by atoms with Crippen molar-refractivity contribution in [1.82, 2.24) is 9.97 Å². The summed E-state index contributed by atoms with van der Waals surface area (Å²) in [4.78, 5) is 8.43. The molecule has 1 aromatic rings. The molecule has 0 spiro atoms. The summed E-state index contributed by atoms with van der Waals surface area (Å²) in [6.45, 7) is 0.919. The lowest BCUT2D eigenvalue weighted by Gasteiger charge is -2.26. The van der Waals surface area contributed by atoms with Crippen LogP contribution in [0.5, 0.6) is 5.88 Å². The topological polar surface area (TPSA) is 67.3 Å². The average Bonchev–Trinajstić information content (AvgIpc) is 2.87. The molecule has 0 saturated heterocycles. The lowest BCUT2D eigenvalue weighted by Crippen LogP contribution is -2.31. The summed E-state index contributed by atoms with van der Waals surface area (Å²) in [5.41, 5.74) is -0.0102. The molecule has 0 atom stereocenters. The van der Waals surface area contributed by atoms with Gasteiger partial charge in [-0.15, -0.1) is 0 Å². The maximum Gasteiger partial charge on any atom is 0.232 e. The van der Waals surface area contributed by atoms with Gasteiger partial charge in [-0.25, -0.2) is 4.98 Å². The normalized spacial score (nSPS) is 17.7. The Bertz CT molecular complexity index is 408. The first-order valence-electron chi connectivity index (χ1n) is 6.10. The molecule has 0 aromatic carbocycles. The molecule has 1 heterocycles. The first-order chi connectivity index (χ1) is 8.69. The molecule has 1 fully saturated rings. The van der Waals surface area contributed by atoms with Crippen molar-refractivity contribution in [3.63, 3.8) is 0 Å². The molecule has 1 aliphatic carbocycles. The van der Waals surface area contributed by atoms with Crippen LogP contribution in [0, 0.1) is 5.41 Å². The highest BCUT2D eigenvalue weighted by Crippen LogP contribution is 2.37. The molecular weight excluding hydrogens is 298 g/mol. The van der Waals surface area contributed by atoms with Gasteiger partial charge < -0.3 is 15.2 Å². The number of nitrogens with zero attached hydrogens (tertiary/aromatic N) is 2. The summed E-state index contributed by atoms with van der Waals surface area (Å²) in [5, 5.41) is 12.7. The molecule has 1 saturated carbocycles. The summed E-state index contributed by atoms with van der Waals surface area (Å²) in [7, 11) is 1.57. The van der Waals surface area contributed by atoms with E-state index >= 15 is 0 Å². The summed E-state index contributed by atoms with van der Waals surface area (Å²) < 4.78 is 5.85. The van der Waals surface area contributed by atoms with E-state index in [0.29, 0.717) is 18.4 Å². The zero-order valence-electron chi connectivity index (χ0n) is 10.4. The molecule has 18 heavy (non-hydrogen) atoms. The second kappa shape index (κ2) is 5.84. The molecule has 1 aliphatic rings. The Kier molecular flexibility index (Phi) is 4.40. The number of aromatic nitrogens is 2. The highest BCUT2D eigenvalue weighted by Gasteiger charge is 2.33. The number of rotatable bonds is 5. The molecule has 6 heteroatoms. The summed E-state index contributed by atoms with van der Waals surface area (Å²) in [6.07, 6.45) is 6.16. The van der Waals surface area contributed by atoms with Crippen LogP contribution in [-0.2, 0) is 0 Å². The molecular formula is C12H18BrN3O2. The third kappa shape index (κ3) is 2.92. The second-order valence-corrected chi connectivity index (χ2v) is 5.62. The summed E-state index contributed by atoms with van der Waals surface area (Å²) in [5.74, 6) is 1.05. The number of aliphatic hydroxyl groups excluding tert-OH is 1. The van der Waals surface area contributed by atoms with E-state index < -0.39 is 0 Å². The van der Waals surface area contributed by atoms with Gasteiger partial charge in [0.05, 0.1) is 24.4 Å². The van der Waals surface area contributed by atoms with Gasteiger partial charge in [0.1, 0.15) is 0 Å². The lowest BCUT2D eigenvalue weighted by molar-refractivity contribution is 0.142. The molecule has 0 unspecified atom stereocenters. The molecule has 100 valence electrons. The van der Waals surface area contributed by atoms with Crippen LogP contribution < -0.4 is 10.1 Å². The van der Waals surface area contributed by atoms with E-state index in [2.05, 4.69) is 31.2 Å². The monoisotopic (exact) mass is 315 g/mol.